The molecule has 0 aliphatic heterocycles. The van der Waals surface area contributed by atoms with Crippen LogP contribution in [-0.4, -0.2) is 57.5 Å². The van der Waals surface area contributed by atoms with Crippen LogP contribution >= 0.6 is 0 Å². The van der Waals surface area contributed by atoms with Crippen molar-refractivity contribution < 1.29 is 43.5 Å². The third kappa shape index (κ3) is 4.88. The number of ketones is 1. The summed E-state index contributed by atoms with van der Waals surface area (Å²) in [6, 6.07) is 6.42. The molecule has 0 bridgehead atoms. The number of Topliss-reactive ketones (excluding diaryl/α,β-unsaturated/α-hetero) is 1. The number of fused-ring (bicyclic) bond motifs is 1. The fourth-order valence-electron chi connectivity index (χ4n) is 4.80. The van der Waals surface area contributed by atoms with Crippen molar-refractivity contribution in [3.63, 3.8) is 0 Å². The number of methoxy groups -OCH3 is 5. The Morgan fingerprint density at radius 1 is 0.789 bits per heavy atom. The molecule has 0 saturated carbocycles. The van der Waals surface area contributed by atoms with Crippen molar-refractivity contribution in [2.45, 2.75) is 33.1 Å². The number of aromatic carboxylic acids is 1. The summed E-state index contributed by atoms with van der Waals surface area (Å²) in [4.78, 5) is 26.5. The Bertz CT molecular complexity index is 1360. The summed E-state index contributed by atoms with van der Waals surface area (Å²) >= 11 is 0. The second-order valence-electron chi connectivity index (χ2n) is 8.73. The molecule has 3 rings (SSSR count). The number of hydrogen-bond acceptors (Lipinski definition) is 8. The SMILES string of the molecule is CCC(CC)CC(=O)c1c(C(=O)O)c(-c2ccc(OC)c(OC)c2)c2c(OC)c(OC)c(OC)cc2c1O. The first kappa shape index (κ1) is 28.4. The van der Waals surface area contributed by atoms with Crippen LogP contribution in [0.4, 0.5) is 0 Å². The first-order valence-electron chi connectivity index (χ1n) is 12.2. The summed E-state index contributed by atoms with van der Waals surface area (Å²) in [7, 11) is 7.21. The first-order chi connectivity index (χ1) is 18.2. The fraction of sp³-hybridized carbons (Fsp3) is 0.379. The average Bonchev–Trinajstić information content (AvgIpc) is 2.93. The number of carbonyl (C=O) groups is 2. The minimum Gasteiger partial charge on any atom is -0.507 e. The molecule has 3 aromatic carbocycles. The highest BCUT2D eigenvalue weighted by atomic mass is 16.5. The van der Waals surface area contributed by atoms with Gasteiger partial charge < -0.3 is 33.9 Å². The van der Waals surface area contributed by atoms with Gasteiger partial charge in [0.2, 0.25) is 5.75 Å². The molecule has 9 nitrogen and oxygen atoms in total. The molecule has 0 radical (unpaired) electrons. The van der Waals surface area contributed by atoms with Crippen molar-refractivity contribution in [3.8, 4) is 45.6 Å². The number of hydrogen-bond donors (Lipinski definition) is 2. The maximum absolute atomic E-state index is 13.6. The van der Waals surface area contributed by atoms with Crippen molar-refractivity contribution in [3.05, 3.63) is 35.4 Å². The first-order valence-corrected chi connectivity index (χ1v) is 12.2. The summed E-state index contributed by atoms with van der Waals surface area (Å²) in [6.45, 7) is 3.94. The van der Waals surface area contributed by atoms with Crippen molar-refractivity contribution >= 4 is 22.5 Å². The summed E-state index contributed by atoms with van der Waals surface area (Å²) in [5, 5.41) is 22.4. The van der Waals surface area contributed by atoms with E-state index >= 15 is 0 Å². The van der Waals surface area contributed by atoms with Crippen LogP contribution in [-0.2, 0) is 0 Å². The second kappa shape index (κ2) is 11.9. The second-order valence-corrected chi connectivity index (χ2v) is 8.73. The summed E-state index contributed by atoms with van der Waals surface area (Å²) in [5.74, 6) is -0.894. The fourth-order valence-corrected chi connectivity index (χ4v) is 4.80. The van der Waals surface area contributed by atoms with Crippen molar-refractivity contribution in [1.82, 2.24) is 0 Å². The van der Waals surface area contributed by atoms with E-state index in [1.807, 2.05) is 13.8 Å². The minimum absolute atomic E-state index is 0.0312. The molecule has 204 valence electrons. The van der Waals surface area contributed by atoms with E-state index in [9.17, 15) is 19.8 Å². The van der Waals surface area contributed by atoms with Crippen LogP contribution in [0.3, 0.4) is 0 Å². The van der Waals surface area contributed by atoms with Gasteiger partial charge in [0.05, 0.1) is 46.7 Å². The van der Waals surface area contributed by atoms with E-state index in [1.54, 1.807) is 18.2 Å². The maximum Gasteiger partial charge on any atom is 0.337 e. The summed E-state index contributed by atoms with van der Waals surface area (Å²) < 4.78 is 27.5. The Labute approximate surface area is 221 Å². The van der Waals surface area contributed by atoms with E-state index < -0.39 is 17.5 Å². The third-order valence-electron chi connectivity index (χ3n) is 6.87. The summed E-state index contributed by atoms with van der Waals surface area (Å²) in [5.41, 5.74) is -0.0382. The smallest absolute Gasteiger partial charge is 0.337 e. The minimum atomic E-state index is -1.38. The molecule has 0 aromatic heterocycles. The molecular weight excluding hydrogens is 492 g/mol. The van der Waals surface area contributed by atoms with Crippen LogP contribution in [0.25, 0.3) is 21.9 Å². The molecule has 0 fully saturated rings. The van der Waals surface area contributed by atoms with E-state index in [-0.39, 0.29) is 57.1 Å². The molecule has 3 aromatic rings. The normalized spacial score (nSPS) is 10.9. The van der Waals surface area contributed by atoms with Crippen LogP contribution in [0.5, 0.6) is 34.5 Å². The largest absolute Gasteiger partial charge is 0.507 e. The number of phenols is 1. The van der Waals surface area contributed by atoms with Gasteiger partial charge >= 0.3 is 5.97 Å². The van der Waals surface area contributed by atoms with Gasteiger partial charge in [0, 0.05) is 22.8 Å². The molecule has 38 heavy (non-hydrogen) atoms. The molecule has 0 spiro atoms. The standard InChI is InChI=1S/C29H34O9/c1-8-15(9-2)12-18(30)24-25(29(32)33)22(16-10-11-19(34-3)20(13-16)35-4)23-17(26(24)31)14-21(36-5)27(37-6)28(23)38-7/h10-11,13-15,31H,8-9,12H2,1-7H3,(H,32,33). The Hall–Kier alpha value is -4.14. The lowest BCUT2D eigenvalue weighted by Crippen LogP contribution is -2.15. The molecular formula is C29H34O9. The molecule has 0 saturated heterocycles. The van der Waals surface area contributed by atoms with Gasteiger partial charge in [-0.3, -0.25) is 4.79 Å². The van der Waals surface area contributed by atoms with Crippen molar-refractivity contribution in [1.29, 1.82) is 0 Å². The van der Waals surface area contributed by atoms with Gasteiger partial charge in [-0.1, -0.05) is 32.8 Å². The average molecular weight is 527 g/mol. The van der Waals surface area contributed by atoms with E-state index in [1.165, 1.54) is 41.6 Å². The van der Waals surface area contributed by atoms with E-state index in [2.05, 4.69) is 0 Å². The van der Waals surface area contributed by atoms with Gasteiger partial charge in [0.1, 0.15) is 5.75 Å². The molecule has 0 unspecified atom stereocenters. The topological polar surface area (TPSA) is 121 Å². The number of ether oxygens (including phenoxy) is 5. The third-order valence-corrected chi connectivity index (χ3v) is 6.87. The van der Waals surface area contributed by atoms with Crippen LogP contribution in [0.2, 0.25) is 0 Å². The van der Waals surface area contributed by atoms with Crippen LogP contribution in [0.15, 0.2) is 24.3 Å². The van der Waals surface area contributed by atoms with Crippen molar-refractivity contribution in [2.24, 2.45) is 5.92 Å². The van der Waals surface area contributed by atoms with Gasteiger partial charge in [0.25, 0.3) is 0 Å². The van der Waals surface area contributed by atoms with Gasteiger partial charge in [0.15, 0.2) is 28.8 Å². The van der Waals surface area contributed by atoms with Gasteiger partial charge in [-0.15, -0.1) is 0 Å². The number of carbonyl (C=O) groups excluding carboxylic acids is 1. The lowest BCUT2D eigenvalue weighted by molar-refractivity contribution is 0.0691. The summed E-state index contributed by atoms with van der Waals surface area (Å²) in [6.07, 6.45) is 1.56. The zero-order valence-corrected chi connectivity index (χ0v) is 22.8. The highest BCUT2D eigenvalue weighted by Crippen LogP contribution is 2.52. The lowest BCUT2D eigenvalue weighted by Gasteiger charge is -2.23. The van der Waals surface area contributed by atoms with E-state index in [0.717, 1.165) is 12.8 Å². The van der Waals surface area contributed by atoms with Gasteiger partial charge in [-0.25, -0.2) is 4.79 Å². The molecule has 0 atom stereocenters. The van der Waals surface area contributed by atoms with E-state index in [4.69, 9.17) is 23.7 Å². The highest BCUT2D eigenvalue weighted by Gasteiger charge is 2.33. The van der Waals surface area contributed by atoms with Gasteiger partial charge in [-0.05, 0) is 29.7 Å². The molecule has 0 amide bonds. The van der Waals surface area contributed by atoms with Crippen LogP contribution in [0, 0.1) is 5.92 Å². The van der Waals surface area contributed by atoms with Gasteiger partial charge in [-0.2, -0.15) is 0 Å². The number of benzene rings is 3. The molecule has 9 heteroatoms. The molecule has 0 heterocycles. The Morgan fingerprint density at radius 3 is 1.89 bits per heavy atom. The Morgan fingerprint density at radius 2 is 1.39 bits per heavy atom. The molecule has 2 N–H and O–H groups in total. The molecule has 0 aliphatic rings. The van der Waals surface area contributed by atoms with Crippen LogP contribution in [0.1, 0.15) is 53.8 Å². The number of phenolic OH excluding ortho intramolecular Hbond substituents is 1. The zero-order chi connectivity index (χ0) is 28.1. The predicted molar refractivity (Wildman–Crippen MR) is 144 cm³/mol. The number of carboxylic acid groups (broad SMARTS) is 1. The predicted octanol–water partition coefficient (Wildman–Crippen LogP) is 5.96. The number of carboxylic acids is 1. The zero-order valence-electron chi connectivity index (χ0n) is 22.8. The molecule has 0 aliphatic carbocycles. The van der Waals surface area contributed by atoms with Crippen molar-refractivity contribution in [2.75, 3.05) is 35.5 Å². The Balaban J connectivity index is 2.63. The number of rotatable bonds is 12. The Kier molecular flexibility index (Phi) is 8.93. The maximum atomic E-state index is 13.6. The monoisotopic (exact) mass is 526 g/mol. The van der Waals surface area contributed by atoms with E-state index in [0.29, 0.717) is 17.1 Å². The van der Waals surface area contributed by atoms with Crippen LogP contribution < -0.4 is 23.7 Å². The lowest BCUT2D eigenvalue weighted by atomic mass is 9.84. The quantitative estimate of drug-likeness (QED) is 0.275. The number of aromatic hydroxyl groups is 1. The highest BCUT2D eigenvalue weighted by molar-refractivity contribution is 6.21.